The minimum absolute atomic E-state index is 0.0504. The van der Waals surface area contributed by atoms with Gasteiger partial charge in [-0.05, 0) is 18.9 Å². The van der Waals surface area contributed by atoms with Gasteiger partial charge in [0.15, 0.2) is 5.82 Å². The van der Waals surface area contributed by atoms with Crippen LogP contribution in [0, 0.1) is 0 Å². The van der Waals surface area contributed by atoms with Gasteiger partial charge in [-0.2, -0.15) is 0 Å². The van der Waals surface area contributed by atoms with Gasteiger partial charge < -0.3 is 21.4 Å². The molecule has 1 aliphatic heterocycles. The Morgan fingerprint density at radius 1 is 1.16 bits per heavy atom. The molecule has 3 heterocycles. The number of aromatic amines is 1. The molecule has 0 atom stereocenters. The molecule has 2 aromatic heterocycles. The molecule has 25 heavy (non-hydrogen) atoms. The van der Waals surface area contributed by atoms with Gasteiger partial charge in [0.25, 0.3) is 5.91 Å². The minimum atomic E-state index is -0.0504. The lowest BCUT2D eigenvalue weighted by atomic mass is 10.1. The number of aromatic nitrogens is 3. The van der Waals surface area contributed by atoms with E-state index in [0.717, 1.165) is 18.4 Å². The van der Waals surface area contributed by atoms with Crippen LogP contribution in [-0.4, -0.2) is 44.9 Å². The van der Waals surface area contributed by atoms with Crippen molar-refractivity contribution in [3.05, 3.63) is 42.1 Å². The van der Waals surface area contributed by atoms with Gasteiger partial charge in [-0.15, -0.1) is 0 Å². The summed E-state index contributed by atoms with van der Waals surface area (Å²) >= 11 is 0. The van der Waals surface area contributed by atoms with Crippen LogP contribution in [0.4, 0.5) is 5.82 Å². The van der Waals surface area contributed by atoms with Crippen LogP contribution >= 0.6 is 0 Å². The average molecular weight is 336 g/mol. The lowest BCUT2D eigenvalue weighted by Gasteiger charge is -2.29. The zero-order valence-corrected chi connectivity index (χ0v) is 13.8. The molecule has 0 bridgehead atoms. The predicted octanol–water partition coefficient (Wildman–Crippen LogP) is 1.77. The quantitative estimate of drug-likeness (QED) is 0.660. The van der Waals surface area contributed by atoms with E-state index in [-0.39, 0.29) is 11.9 Å². The van der Waals surface area contributed by atoms with Gasteiger partial charge in [0.05, 0.1) is 5.39 Å². The number of anilines is 1. The summed E-state index contributed by atoms with van der Waals surface area (Å²) in [7, 11) is 0. The zero-order chi connectivity index (χ0) is 17.4. The number of benzene rings is 1. The van der Waals surface area contributed by atoms with E-state index < -0.39 is 0 Å². The number of nitrogen functional groups attached to an aromatic ring is 1. The Hall–Kier alpha value is -2.93. The lowest BCUT2D eigenvalue weighted by Crippen LogP contribution is -2.42. The van der Waals surface area contributed by atoms with E-state index in [1.807, 2.05) is 35.2 Å². The molecule has 1 saturated heterocycles. The van der Waals surface area contributed by atoms with Crippen molar-refractivity contribution in [3.63, 3.8) is 0 Å². The Balaban J connectivity index is 1.68. The van der Waals surface area contributed by atoms with Crippen molar-refractivity contribution in [2.24, 2.45) is 5.73 Å². The number of nitrogens with one attached hydrogen (secondary N) is 1. The highest BCUT2D eigenvalue weighted by Gasteiger charge is 2.23. The van der Waals surface area contributed by atoms with Crippen LogP contribution in [0.3, 0.4) is 0 Å². The number of nitrogens with zero attached hydrogens (tertiary/aromatic N) is 3. The van der Waals surface area contributed by atoms with Crippen LogP contribution < -0.4 is 11.5 Å². The normalized spacial score (nSPS) is 15.6. The summed E-state index contributed by atoms with van der Waals surface area (Å²) in [5, 5.41) is 0.664. The molecule has 0 unspecified atom stereocenters. The smallest absolute Gasteiger partial charge is 0.270 e. The number of carbonyl (C=O) groups is 1. The highest BCUT2D eigenvalue weighted by molar-refractivity contribution is 6.00. The molecule has 5 N–H and O–H groups in total. The Labute approximate surface area is 145 Å². The van der Waals surface area contributed by atoms with Crippen molar-refractivity contribution < 1.29 is 4.79 Å². The van der Waals surface area contributed by atoms with Crippen LogP contribution in [0.1, 0.15) is 23.3 Å². The number of H-pyrrole nitrogens is 1. The third kappa shape index (κ3) is 2.94. The molecule has 7 heteroatoms. The number of amides is 1. The largest absolute Gasteiger partial charge is 0.383 e. The maximum Gasteiger partial charge on any atom is 0.270 e. The molecule has 0 radical (unpaired) electrons. The molecular formula is C18H20N6O. The first kappa shape index (κ1) is 15.6. The summed E-state index contributed by atoms with van der Waals surface area (Å²) in [6.45, 7) is 1.34. The molecule has 1 aliphatic rings. The number of piperidine rings is 1. The van der Waals surface area contributed by atoms with Gasteiger partial charge >= 0.3 is 0 Å². The second kappa shape index (κ2) is 6.18. The van der Waals surface area contributed by atoms with Gasteiger partial charge in [0, 0.05) is 24.7 Å². The van der Waals surface area contributed by atoms with Crippen LogP contribution in [0.25, 0.3) is 22.4 Å². The molecule has 1 fully saturated rings. The zero-order valence-electron chi connectivity index (χ0n) is 13.8. The highest BCUT2D eigenvalue weighted by atomic mass is 16.2. The molecule has 1 amide bonds. The monoisotopic (exact) mass is 336 g/mol. The average Bonchev–Trinajstić information content (AvgIpc) is 3.07. The fourth-order valence-electron chi connectivity index (χ4n) is 3.14. The van der Waals surface area contributed by atoms with E-state index in [0.29, 0.717) is 41.5 Å². The van der Waals surface area contributed by atoms with E-state index in [2.05, 4.69) is 15.0 Å². The number of rotatable bonds is 2. The van der Waals surface area contributed by atoms with E-state index in [9.17, 15) is 4.79 Å². The number of hydrogen-bond acceptors (Lipinski definition) is 5. The second-order valence-corrected chi connectivity index (χ2v) is 6.37. The van der Waals surface area contributed by atoms with E-state index in [1.54, 1.807) is 6.07 Å². The molecule has 128 valence electrons. The van der Waals surface area contributed by atoms with Crippen molar-refractivity contribution in [3.8, 4) is 11.4 Å². The molecule has 0 saturated carbocycles. The summed E-state index contributed by atoms with van der Waals surface area (Å²) in [6.07, 6.45) is 1.65. The SMILES string of the molecule is Nc1nc(-c2ccccc2)nc2[nH]c(C(=O)N3CCC(N)CC3)cc12. The first-order chi connectivity index (χ1) is 12.1. The highest BCUT2D eigenvalue weighted by Crippen LogP contribution is 2.24. The molecule has 1 aromatic carbocycles. The van der Waals surface area contributed by atoms with Gasteiger partial charge in [-0.3, -0.25) is 4.79 Å². The number of nitrogens with two attached hydrogens (primary N) is 2. The van der Waals surface area contributed by atoms with Crippen molar-refractivity contribution in [1.29, 1.82) is 0 Å². The van der Waals surface area contributed by atoms with Gasteiger partial charge in [0.1, 0.15) is 17.2 Å². The predicted molar refractivity (Wildman–Crippen MR) is 96.9 cm³/mol. The number of likely N-dealkylation sites (tertiary alicyclic amines) is 1. The standard InChI is InChI=1S/C18H20N6O/c19-12-6-8-24(9-7-12)18(25)14-10-13-15(20)22-16(23-17(13)21-14)11-4-2-1-3-5-11/h1-5,10,12H,6-9,19H2,(H3,20,21,22,23). The van der Waals surface area contributed by atoms with E-state index in [4.69, 9.17) is 11.5 Å². The van der Waals surface area contributed by atoms with Crippen LogP contribution in [0.2, 0.25) is 0 Å². The summed E-state index contributed by atoms with van der Waals surface area (Å²) in [5.41, 5.74) is 13.9. The topological polar surface area (TPSA) is 114 Å². The summed E-state index contributed by atoms with van der Waals surface area (Å²) < 4.78 is 0. The first-order valence-electron chi connectivity index (χ1n) is 8.38. The molecule has 0 spiro atoms. The van der Waals surface area contributed by atoms with Crippen molar-refractivity contribution in [2.45, 2.75) is 18.9 Å². The van der Waals surface area contributed by atoms with Crippen LogP contribution in [0.5, 0.6) is 0 Å². The molecule has 3 aromatic rings. The number of hydrogen-bond donors (Lipinski definition) is 3. The molecule has 7 nitrogen and oxygen atoms in total. The van der Waals surface area contributed by atoms with Crippen molar-refractivity contribution >= 4 is 22.8 Å². The summed E-state index contributed by atoms with van der Waals surface area (Å²) in [6, 6.07) is 11.5. The first-order valence-corrected chi connectivity index (χ1v) is 8.38. The Morgan fingerprint density at radius 2 is 1.88 bits per heavy atom. The maximum atomic E-state index is 12.7. The van der Waals surface area contributed by atoms with Crippen molar-refractivity contribution in [1.82, 2.24) is 19.9 Å². The van der Waals surface area contributed by atoms with E-state index in [1.165, 1.54) is 0 Å². The third-order valence-electron chi connectivity index (χ3n) is 4.61. The fraction of sp³-hybridized carbons (Fsp3) is 0.278. The molecular weight excluding hydrogens is 316 g/mol. The molecule has 0 aliphatic carbocycles. The Kier molecular flexibility index (Phi) is 3.85. The summed E-state index contributed by atoms with van der Waals surface area (Å²) in [5.74, 6) is 0.848. The van der Waals surface area contributed by atoms with Gasteiger partial charge in [-0.1, -0.05) is 30.3 Å². The maximum absolute atomic E-state index is 12.7. The van der Waals surface area contributed by atoms with Crippen LogP contribution in [0.15, 0.2) is 36.4 Å². The molecule has 4 rings (SSSR count). The number of fused-ring (bicyclic) bond motifs is 1. The van der Waals surface area contributed by atoms with Crippen molar-refractivity contribution in [2.75, 3.05) is 18.8 Å². The third-order valence-corrected chi connectivity index (χ3v) is 4.61. The van der Waals surface area contributed by atoms with Crippen LogP contribution in [-0.2, 0) is 0 Å². The Bertz CT molecular complexity index is 912. The lowest BCUT2D eigenvalue weighted by molar-refractivity contribution is 0.0709. The van der Waals surface area contributed by atoms with Gasteiger partial charge in [0.2, 0.25) is 0 Å². The number of carbonyl (C=O) groups excluding carboxylic acids is 1. The van der Waals surface area contributed by atoms with Gasteiger partial charge in [-0.25, -0.2) is 9.97 Å². The second-order valence-electron chi connectivity index (χ2n) is 6.37. The fourth-order valence-corrected chi connectivity index (χ4v) is 3.14. The van der Waals surface area contributed by atoms with E-state index >= 15 is 0 Å². The summed E-state index contributed by atoms with van der Waals surface area (Å²) in [4.78, 5) is 26.5. The Morgan fingerprint density at radius 3 is 2.60 bits per heavy atom. The minimum Gasteiger partial charge on any atom is -0.383 e.